The Morgan fingerprint density at radius 1 is 1.27 bits per heavy atom. The van der Waals surface area contributed by atoms with E-state index < -0.39 is 0 Å². The molecule has 1 aliphatic heterocycles. The lowest BCUT2D eigenvalue weighted by Crippen LogP contribution is -2.40. The minimum atomic E-state index is -0.168. The van der Waals surface area contributed by atoms with Gasteiger partial charge >= 0.3 is 0 Å². The molecule has 0 bridgehead atoms. The third kappa shape index (κ3) is 4.96. The molecule has 0 aliphatic carbocycles. The fourth-order valence-corrected chi connectivity index (χ4v) is 3.25. The van der Waals surface area contributed by atoms with Crippen molar-refractivity contribution in [3.8, 4) is 0 Å². The Morgan fingerprint density at radius 2 is 2.00 bits per heavy atom. The highest BCUT2D eigenvalue weighted by Gasteiger charge is 2.25. The first kappa shape index (κ1) is 20.2. The molecule has 1 amide bonds. The number of aromatic nitrogens is 1. The lowest BCUT2D eigenvalue weighted by Gasteiger charge is -2.27. The molecule has 2 heterocycles. The Hall–Kier alpha value is -2.11. The second-order valence-corrected chi connectivity index (χ2v) is 6.91. The Labute approximate surface area is 160 Å². The minimum Gasteiger partial charge on any atom is -0.321 e. The molecule has 2 N–H and O–H groups in total. The molecular formula is C20H26ClN3O2. The molecule has 0 unspecified atom stereocenters. The number of pyridine rings is 1. The number of piperidine rings is 1. The predicted molar refractivity (Wildman–Crippen MR) is 107 cm³/mol. The average molecular weight is 376 g/mol. The number of amides is 1. The summed E-state index contributed by atoms with van der Waals surface area (Å²) in [7, 11) is 0. The standard InChI is InChI=1S/C20H25N3O2.ClH/c1-14-5-7-16(8-6-14)13-23-11-3-4-18(20(23)25)22-19(24)17-9-10-21-15(2)12-17;/h3-8,11,15,17,21H,9-10,12-13H2,1-2H3,(H,22,24);1H/t15-,17-;/m0./s1. The zero-order valence-corrected chi connectivity index (χ0v) is 16.0. The van der Waals surface area contributed by atoms with Gasteiger partial charge in [-0.25, -0.2) is 0 Å². The summed E-state index contributed by atoms with van der Waals surface area (Å²) in [5.74, 6) is -0.0973. The summed E-state index contributed by atoms with van der Waals surface area (Å²) < 4.78 is 1.63. The van der Waals surface area contributed by atoms with E-state index in [2.05, 4.69) is 17.6 Å². The summed E-state index contributed by atoms with van der Waals surface area (Å²) in [5.41, 5.74) is 2.43. The van der Waals surface area contributed by atoms with Gasteiger partial charge < -0.3 is 15.2 Å². The number of aryl methyl sites for hydroxylation is 1. The van der Waals surface area contributed by atoms with Gasteiger partial charge in [0.1, 0.15) is 5.69 Å². The van der Waals surface area contributed by atoms with E-state index in [9.17, 15) is 9.59 Å². The van der Waals surface area contributed by atoms with Crippen molar-refractivity contribution in [2.24, 2.45) is 5.92 Å². The van der Waals surface area contributed by atoms with Crippen LogP contribution in [0.3, 0.4) is 0 Å². The quantitative estimate of drug-likeness (QED) is 0.863. The first-order valence-corrected chi connectivity index (χ1v) is 8.82. The van der Waals surface area contributed by atoms with Crippen LogP contribution in [0.5, 0.6) is 0 Å². The number of carbonyl (C=O) groups is 1. The SMILES string of the molecule is Cc1ccc(Cn2cccc(NC(=O)[C@H]3CCN[C@@H](C)C3)c2=O)cc1.Cl. The number of hydrogen-bond donors (Lipinski definition) is 2. The molecule has 1 fully saturated rings. The van der Waals surface area contributed by atoms with Crippen molar-refractivity contribution in [2.75, 3.05) is 11.9 Å². The fourth-order valence-electron chi connectivity index (χ4n) is 3.25. The van der Waals surface area contributed by atoms with E-state index in [0.717, 1.165) is 24.9 Å². The van der Waals surface area contributed by atoms with Gasteiger partial charge in [0.05, 0.1) is 6.54 Å². The van der Waals surface area contributed by atoms with Crippen molar-refractivity contribution >= 4 is 24.0 Å². The van der Waals surface area contributed by atoms with E-state index in [1.807, 2.05) is 31.2 Å². The maximum atomic E-state index is 12.7. The lowest BCUT2D eigenvalue weighted by molar-refractivity contribution is -0.120. The molecule has 140 valence electrons. The van der Waals surface area contributed by atoms with Gasteiger partial charge in [-0.15, -0.1) is 12.4 Å². The Kier molecular flexibility index (Phi) is 7.00. The summed E-state index contributed by atoms with van der Waals surface area (Å²) >= 11 is 0. The van der Waals surface area contributed by atoms with Gasteiger partial charge in [-0.3, -0.25) is 9.59 Å². The van der Waals surface area contributed by atoms with Crippen molar-refractivity contribution in [1.82, 2.24) is 9.88 Å². The van der Waals surface area contributed by atoms with E-state index in [4.69, 9.17) is 0 Å². The first-order chi connectivity index (χ1) is 12.0. The fraction of sp³-hybridized carbons (Fsp3) is 0.400. The molecule has 0 saturated carbocycles. The largest absolute Gasteiger partial charge is 0.321 e. The van der Waals surface area contributed by atoms with E-state index in [1.54, 1.807) is 22.9 Å². The molecule has 1 saturated heterocycles. The van der Waals surface area contributed by atoms with Gasteiger partial charge in [-0.05, 0) is 50.9 Å². The Morgan fingerprint density at radius 3 is 2.69 bits per heavy atom. The molecule has 3 rings (SSSR count). The van der Waals surface area contributed by atoms with E-state index in [1.165, 1.54) is 5.56 Å². The van der Waals surface area contributed by atoms with E-state index >= 15 is 0 Å². The summed E-state index contributed by atoms with van der Waals surface area (Å²) in [4.78, 5) is 25.1. The highest BCUT2D eigenvalue weighted by molar-refractivity contribution is 5.92. The van der Waals surface area contributed by atoms with Crippen molar-refractivity contribution in [3.05, 3.63) is 64.1 Å². The van der Waals surface area contributed by atoms with Gasteiger partial charge in [-0.1, -0.05) is 29.8 Å². The van der Waals surface area contributed by atoms with Gasteiger partial charge in [0.15, 0.2) is 0 Å². The van der Waals surface area contributed by atoms with Crippen LogP contribution in [0.1, 0.15) is 30.9 Å². The van der Waals surface area contributed by atoms with Gasteiger partial charge in [0, 0.05) is 18.2 Å². The number of rotatable bonds is 4. The van der Waals surface area contributed by atoms with Crippen molar-refractivity contribution in [1.29, 1.82) is 0 Å². The summed E-state index contributed by atoms with van der Waals surface area (Å²) in [6.45, 7) is 5.45. The molecule has 1 aromatic carbocycles. The second-order valence-electron chi connectivity index (χ2n) is 6.91. The van der Waals surface area contributed by atoms with Crippen molar-refractivity contribution in [3.63, 3.8) is 0 Å². The van der Waals surface area contributed by atoms with Crippen LogP contribution < -0.4 is 16.2 Å². The Bertz CT molecular complexity index is 801. The molecule has 0 spiro atoms. The molecule has 2 atom stereocenters. The first-order valence-electron chi connectivity index (χ1n) is 8.82. The van der Waals surface area contributed by atoms with Crippen LogP contribution in [0.2, 0.25) is 0 Å². The highest BCUT2D eigenvalue weighted by atomic mass is 35.5. The molecule has 1 aliphatic rings. The number of anilines is 1. The van der Waals surface area contributed by atoms with E-state index in [0.29, 0.717) is 18.3 Å². The summed E-state index contributed by atoms with van der Waals surface area (Å²) in [5, 5.41) is 6.17. The third-order valence-electron chi connectivity index (χ3n) is 4.75. The van der Waals surface area contributed by atoms with Gasteiger partial charge in [0.25, 0.3) is 5.56 Å². The number of carbonyl (C=O) groups excluding carboxylic acids is 1. The topological polar surface area (TPSA) is 63.1 Å². The number of hydrogen-bond acceptors (Lipinski definition) is 3. The van der Waals surface area contributed by atoms with Crippen LogP contribution in [0.4, 0.5) is 5.69 Å². The average Bonchev–Trinajstić information content (AvgIpc) is 2.60. The van der Waals surface area contributed by atoms with Crippen LogP contribution in [-0.4, -0.2) is 23.1 Å². The third-order valence-corrected chi connectivity index (χ3v) is 4.75. The Balaban J connectivity index is 0.00000243. The molecule has 6 heteroatoms. The van der Waals surface area contributed by atoms with Crippen LogP contribution >= 0.6 is 12.4 Å². The smallest absolute Gasteiger partial charge is 0.274 e. The minimum absolute atomic E-state index is 0. The molecule has 1 aromatic heterocycles. The lowest BCUT2D eigenvalue weighted by atomic mass is 9.92. The van der Waals surface area contributed by atoms with Gasteiger partial charge in [0.2, 0.25) is 5.91 Å². The molecule has 5 nitrogen and oxygen atoms in total. The number of nitrogens with zero attached hydrogens (tertiary/aromatic N) is 1. The maximum absolute atomic E-state index is 12.7. The predicted octanol–water partition coefficient (Wildman–Crippen LogP) is 2.95. The van der Waals surface area contributed by atoms with Crippen molar-refractivity contribution in [2.45, 2.75) is 39.3 Å². The monoisotopic (exact) mass is 375 g/mol. The molecule has 26 heavy (non-hydrogen) atoms. The number of halogens is 1. The number of nitrogens with one attached hydrogen (secondary N) is 2. The molecular weight excluding hydrogens is 350 g/mol. The van der Waals surface area contributed by atoms with E-state index in [-0.39, 0.29) is 29.8 Å². The normalized spacial score (nSPS) is 19.5. The van der Waals surface area contributed by atoms with Crippen LogP contribution in [0.25, 0.3) is 0 Å². The molecule has 0 radical (unpaired) electrons. The van der Waals surface area contributed by atoms with Crippen LogP contribution in [0, 0.1) is 12.8 Å². The van der Waals surface area contributed by atoms with Crippen LogP contribution in [-0.2, 0) is 11.3 Å². The van der Waals surface area contributed by atoms with Crippen LogP contribution in [0.15, 0.2) is 47.4 Å². The summed E-state index contributed by atoms with van der Waals surface area (Å²) in [6, 6.07) is 11.9. The number of benzene rings is 1. The van der Waals surface area contributed by atoms with Crippen molar-refractivity contribution < 1.29 is 4.79 Å². The zero-order chi connectivity index (χ0) is 17.8. The molecule has 2 aromatic rings. The summed E-state index contributed by atoms with van der Waals surface area (Å²) in [6.07, 6.45) is 3.36. The highest BCUT2D eigenvalue weighted by Crippen LogP contribution is 2.17. The zero-order valence-electron chi connectivity index (χ0n) is 15.2. The van der Waals surface area contributed by atoms with Gasteiger partial charge in [-0.2, -0.15) is 0 Å². The second kappa shape index (κ2) is 9.01. The maximum Gasteiger partial charge on any atom is 0.274 e.